The molecule has 0 atom stereocenters. The summed E-state index contributed by atoms with van der Waals surface area (Å²) in [4.78, 5) is 17.0. The number of rotatable bonds is 2. The van der Waals surface area contributed by atoms with E-state index in [1.807, 2.05) is 50.8 Å². The minimum absolute atomic E-state index is 0.768. The molecule has 0 spiro atoms. The molecule has 0 saturated carbocycles. The zero-order chi connectivity index (χ0) is 13.9. The second kappa shape index (κ2) is 5.17. The van der Waals surface area contributed by atoms with E-state index < -0.39 is 0 Å². The van der Waals surface area contributed by atoms with Gasteiger partial charge in [-0.25, -0.2) is 19.9 Å². The van der Waals surface area contributed by atoms with Crippen LogP contribution in [-0.2, 0) is 0 Å². The fourth-order valence-corrected chi connectivity index (χ4v) is 2.05. The number of nitrogens with zero attached hydrogens (tertiary/aromatic N) is 4. The molecule has 4 heteroatoms. The van der Waals surface area contributed by atoms with Gasteiger partial charge in [0.15, 0.2) is 0 Å². The smallest absolute Gasteiger partial charge is 0.125 e. The van der Waals surface area contributed by atoms with E-state index in [9.17, 15) is 0 Å². The van der Waals surface area contributed by atoms with Crippen molar-refractivity contribution < 1.29 is 0 Å². The van der Waals surface area contributed by atoms with Crippen LogP contribution in [0.4, 0.5) is 0 Å². The molecule has 4 nitrogen and oxygen atoms in total. The molecule has 0 bridgehead atoms. The Bertz CT molecular complexity index is 654. The van der Waals surface area contributed by atoms with Gasteiger partial charge in [0.2, 0.25) is 0 Å². The average Bonchev–Trinajstić information content (AvgIpc) is 2.49. The molecule has 0 aliphatic carbocycles. The first-order valence-electron chi connectivity index (χ1n) is 6.41. The Morgan fingerprint density at radius 1 is 0.600 bits per heavy atom. The molecule has 0 unspecified atom stereocenters. The van der Waals surface area contributed by atoms with Gasteiger partial charge in [-0.05, 0) is 25.0 Å². The third-order valence-electron chi connectivity index (χ3n) is 3.11. The molecular formula is C16H14N4. The van der Waals surface area contributed by atoms with E-state index in [1.165, 1.54) is 0 Å². The minimum Gasteiger partial charge on any atom is -0.241 e. The summed E-state index contributed by atoms with van der Waals surface area (Å²) in [7, 11) is 0. The normalized spacial score (nSPS) is 10.5. The van der Waals surface area contributed by atoms with Crippen molar-refractivity contribution in [1.82, 2.24) is 19.9 Å². The van der Waals surface area contributed by atoms with E-state index in [1.54, 1.807) is 0 Å². The Morgan fingerprint density at radius 3 is 1.30 bits per heavy atom. The Hall–Kier alpha value is -2.62. The number of aromatic nitrogens is 4. The van der Waals surface area contributed by atoms with E-state index in [-0.39, 0.29) is 0 Å². The second-order valence-corrected chi connectivity index (χ2v) is 4.58. The second-order valence-electron chi connectivity index (χ2n) is 4.58. The van der Waals surface area contributed by atoms with Crippen molar-refractivity contribution in [3.63, 3.8) is 0 Å². The van der Waals surface area contributed by atoms with Gasteiger partial charge in [0.05, 0.1) is 0 Å². The Labute approximate surface area is 117 Å². The van der Waals surface area contributed by atoms with Crippen LogP contribution in [0.1, 0.15) is 11.6 Å². The summed E-state index contributed by atoms with van der Waals surface area (Å²) in [6.07, 6.45) is 7.37. The van der Waals surface area contributed by atoms with E-state index in [0.717, 1.165) is 33.9 Å². The molecule has 20 heavy (non-hydrogen) atoms. The summed E-state index contributed by atoms with van der Waals surface area (Å²) in [5.41, 5.74) is 4.15. The van der Waals surface area contributed by atoms with Gasteiger partial charge in [0.1, 0.15) is 11.6 Å². The third kappa shape index (κ3) is 2.40. The topological polar surface area (TPSA) is 51.6 Å². The summed E-state index contributed by atoms with van der Waals surface area (Å²) >= 11 is 0. The zero-order valence-corrected chi connectivity index (χ0v) is 11.4. The van der Waals surface area contributed by atoms with Crippen LogP contribution >= 0.6 is 0 Å². The lowest BCUT2D eigenvalue weighted by Gasteiger charge is -2.09. The molecular weight excluding hydrogens is 248 g/mol. The van der Waals surface area contributed by atoms with Gasteiger partial charge in [0.25, 0.3) is 0 Å². The highest BCUT2D eigenvalue weighted by molar-refractivity contribution is 5.82. The Balaban J connectivity index is 2.13. The van der Waals surface area contributed by atoms with Crippen LogP contribution in [-0.4, -0.2) is 19.9 Å². The lowest BCUT2D eigenvalue weighted by Crippen LogP contribution is -1.92. The van der Waals surface area contributed by atoms with Gasteiger partial charge in [-0.2, -0.15) is 0 Å². The summed E-state index contributed by atoms with van der Waals surface area (Å²) in [6.45, 7) is 3.76. The van der Waals surface area contributed by atoms with E-state index in [2.05, 4.69) is 32.1 Å². The summed E-state index contributed by atoms with van der Waals surface area (Å²) in [5, 5.41) is 0. The quantitative estimate of drug-likeness (QED) is 0.711. The molecule has 2 aromatic heterocycles. The van der Waals surface area contributed by atoms with Crippen LogP contribution in [0.2, 0.25) is 0 Å². The standard InChI is InChI=1S/C16H14N4/c1-11-17-7-13(8-18-11)15-5-3-4-6-16(15)14-9-19-12(2)20-10-14/h3-10H,1-2H3. The fourth-order valence-electron chi connectivity index (χ4n) is 2.05. The number of hydrogen-bond donors (Lipinski definition) is 0. The van der Waals surface area contributed by atoms with Crippen molar-refractivity contribution in [3.8, 4) is 22.3 Å². The predicted molar refractivity (Wildman–Crippen MR) is 78.0 cm³/mol. The highest BCUT2D eigenvalue weighted by Gasteiger charge is 2.08. The van der Waals surface area contributed by atoms with Crippen molar-refractivity contribution in [1.29, 1.82) is 0 Å². The molecule has 0 fully saturated rings. The zero-order valence-electron chi connectivity index (χ0n) is 11.4. The van der Waals surface area contributed by atoms with Crippen LogP contribution in [0.5, 0.6) is 0 Å². The molecule has 2 heterocycles. The lowest BCUT2D eigenvalue weighted by molar-refractivity contribution is 1.05. The average molecular weight is 262 g/mol. The molecule has 0 saturated heterocycles. The van der Waals surface area contributed by atoms with Crippen LogP contribution in [0, 0.1) is 13.8 Å². The van der Waals surface area contributed by atoms with Gasteiger partial charge in [-0.3, -0.25) is 0 Å². The van der Waals surface area contributed by atoms with Crippen LogP contribution < -0.4 is 0 Å². The Morgan fingerprint density at radius 2 is 0.950 bits per heavy atom. The van der Waals surface area contributed by atoms with Gasteiger partial charge < -0.3 is 0 Å². The molecule has 3 aromatic rings. The largest absolute Gasteiger partial charge is 0.241 e. The van der Waals surface area contributed by atoms with Crippen LogP contribution in [0.3, 0.4) is 0 Å². The molecule has 0 radical (unpaired) electrons. The fraction of sp³-hybridized carbons (Fsp3) is 0.125. The molecule has 3 rings (SSSR count). The predicted octanol–water partition coefficient (Wildman–Crippen LogP) is 3.22. The molecule has 1 aromatic carbocycles. The maximum Gasteiger partial charge on any atom is 0.125 e. The van der Waals surface area contributed by atoms with E-state index >= 15 is 0 Å². The number of aryl methyl sites for hydroxylation is 2. The number of hydrogen-bond acceptors (Lipinski definition) is 4. The first-order valence-corrected chi connectivity index (χ1v) is 6.41. The lowest BCUT2D eigenvalue weighted by atomic mass is 9.98. The third-order valence-corrected chi connectivity index (χ3v) is 3.11. The van der Waals surface area contributed by atoms with Crippen molar-refractivity contribution in [2.45, 2.75) is 13.8 Å². The summed E-state index contributed by atoms with van der Waals surface area (Å²) in [6, 6.07) is 8.13. The van der Waals surface area contributed by atoms with Gasteiger partial charge in [0, 0.05) is 35.9 Å². The van der Waals surface area contributed by atoms with Crippen LogP contribution in [0.15, 0.2) is 49.1 Å². The van der Waals surface area contributed by atoms with Crippen molar-refractivity contribution in [3.05, 3.63) is 60.7 Å². The molecule has 0 N–H and O–H groups in total. The monoisotopic (exact) mass is 262 g/mol. The van der Waals surface area contributed by atoms with Crippen LogP contribution in [0.25, 0.3) is 22.3 Å². The SMILES string of the molecule is Cc1ncc(-c2ccccc2-c2cnc(C)nc2)cn1. The molecule has 0 amide bonds. The highest BCUT2D eigenvalue weighted by Crippen LogP contribution is 2.30. The number of benzene rings is 1. The Kier molecular flexibility index (Phi) is 3.21. The van der Waals surface area contributed by atoms with E-state index in [4.69, 9.17) is 0 Å². The summed E-state index contributed by atoms with van der Waals surface area (Å²) in [5.74, 6) is 1.54. The maximum absolute atomic E-state index is 4.26. The first kappa shape index (κ1) is 12.4. The highest BCUT2D eigenvalue weighted by atomic mass is 14.9. The maximum atomic E-state index is 4.26. The van der Waals surface area contributed by atoms with Crippen molar-refractivity contribution in [2.24, 2.45) is 0 Å². The molecule has 0 aliphatic rings. The van der Waals surface area contributed by atoms with E-state index in [0.29, 0.717) is 0 Å². The molecule has 98 valence electrons. The minimum atomic E-state index is 0.768. The summed E-state index contributed by atoms with van der Waals surface area (Å²) < 4.78 is 0. The first-order chi connectivity index (χ1) is 9.74. The van der Waals surface area contributed by atoms with Crippen molar-refractivity contribution in [2.75, 3.05) is 0 Å². The van der Waals surface area contributed by atoms with Gasteiger partial charge in [-0.15, -0.1) is 0 Å². The van der Waals surface area contributed by atoms with Gasteiger partial charge >= 0.3 is 0 Å². The van der Waals surface area contributed by atoms with Crippen molar-refractivity contribution >= 4 is 0 Å². The van der Waals surface area contributed by atoms with Gasteiger partial charge in [-0.1, -0.05) is 24.3 Å². The molecule has 0 aliphatic heterocycles.